The van der Waals surface area contributed by atoms with Gasteiger partial charge < -0.3 is 21.3 Å². The number of carbonyl (C=O) groups is 1. The van der Waals surface area contributed by atoms with Crippen molar-refractivity contribution >= 4 is 21.7 Å². The monoisotopic (exact) mass is 329 g/mol. The SMILES string of the molecule is COc1c(C(=O)N=C(N)N)cc(S(C)(=O)=O)cc1C(C)CO. The molecule has 1 aromatic carbocycles. The van der Waals surface area contributed by atoms with Gasteiger partial charge in [-0.3, -0.25) is 4.79 Å². The molecule has 0 aliphatic carbocycles. The van der Waals surface area contributed by atoms with E-state index in [0.29, 0.717) is 5.56 Å². The van der Waals surface area contributed by atoms with Gasteiger partial charge >= 0.3 is 0 Å². The van der Waals surface area contributed by atoms with Gasteiger partial charge in [0.2, 0.25) is 0 Å². The summed E-state index contributed by atoms with van der Waals surface area (Å²) in [6, 6.07) is 2.51. The fourth-order valence-corrected chi connectivity index (χ4v) is 2.54. The number of aliphatic imine (C=N–C) groups is 1. The third kappa shape index (κ3) is 3.95. The van der Waals surface area contributed by atoms with E-state index < -0.39 is 27.6 Å². The highest BCUT2D eigenvalue weighted by atomic mass is 32.2. The molecule has 1 aromatic rings. The highest BCUT2D eigenvalue weighted by molar-refractivity contribution is 7.90. The van der Waals surface area contributed by atoms with E-state index in [4.69, 9.17) is 16.2 Å². The van der Waals surface area contributed by atoms with Gasteiger partial charge in [0.1, 0.15) is 5.75 Å². The van der Waals surface area contributed by atoms with Gasteiger partial charge in [-0.05, 0) is 12.1 Å². The van der Waals surface area contributed by atoms with E-state index in [0.717, 1.165) is 12.3 Å². The van der Waals surface area contributed by atoms with Crippen molar-refractivity contribution in [3.63, 3.8) is 0 Å². The molecule has 0 heterocycles. The minimum atomic E-state index is -3.58. The molecule has 0 spiro atoms. The van der Waals surface area contributed by atoms with Crippen LogP contribution in [0.2, 0.25) is 0 Å². The van der Waals surface area contributed by atoms with Crippen molar-refractivity contribution in [2.24, 2.45) is 16.5 Å². The van der Waals surface area contributed by atoms with Crippen molar-refractivity contribution in [2.75, 3.05) is 20.0 Å². The normalized spacial score (nSPS) is 12.5. The molecule has 1 unspecified atom stereocenters. The molecule has 22 heavy (non-hydrogen) atoms. The molecule has 0 aliphatic heterocycles. The van der Waals surface area contributed by atoms with Gasteiger partial charge in [-0.1, -0.05) is 6.92 Å². The molecule has 0 saturated heterocycles. The lowest BCUT2D eigenvalue weighted by atomic mass is 9.97. The molecular formula is C13H19N3O5S. The number of carbonyl (C=O) groups excluding carboxylic acids is 1. The third-order valence-corrected chi connectivity index (χ3v) is 4.08. The van der Waals surface area contributed by atoms with Gasteiger partial charge in [0.15, 0.2) is 15.8 Å². The Hall–Kier alpha value is -2.13. The Kier molecular flexibility index (Phi) is 5.50. The maximum Gasteiger partial charge on any atom is 0.283 e. The van der Waals surface area contributed by atoms with Gasteiger partial charge in [0.05, 0.1) is 17.6 Å². The fraction of sp³-hybridized carbons (Fsp3) is 0.385. The second-order valence-electron chi connectivity index (χ2n) is 4.79. The second-order valence-corrected chi connectivity index (χ2v) is 6.81. The average Bonchev–Trinajstić information content (AvgIpc) is 2.43. The van der Waals surface area contributed by atoms with Gasteiger partial charge in [0, 0.05) is 24.3 Å². The van der Waals surface area contributed by atoms with Gasteiger partial charge in [-0.15, -0.1) is 0 Å². The standard InChI is InChI=1S/C13H19N3O5S/c1-7(6-17)9-4-8(22(3,19)20)5-10(11(9)21-2)12(18)16-13(14)15/h4-5,7,17H,6H2,1-3H3,(H4,14,15,16,18). The predicted octanol–water partition coefficient (Wildman–Crippen LogP) is -0.392. The number of rotatable bonds is 5. The molecule has 1 rings (SSSR count). The second kappa shape index (κ2) is 6.75. The van der Waals surface area contributed by atoms with Crippen LogP contribution in [0.15, 0.2) is 22.0 Å². The van der Waals surface area contributed by atoms with E-state index in [2.05, 4.69) is 4.99 Å². The summed E-state index contributed by atoms with van der Waals surface area (Å²) in [6.45, 7) is 1.41. The molecule has 9 heteroatoms. The van der Waals surface area contributed by atoms with E-state index >= 15 is 0 Å². The summed E-state index contributed by atoms with van der Waals surface area (Å²) in [5.74, 6) is -1.59. The van der Waals surface area contributed by atoms with E-state index in [-0.39, 0.29) is 22.8 Å². The molecule has 1 amide bonds. The molecule has 0 saturated carbocycles. The predicted molar refractivity (Wildman–Crippen MR) is 81.7 cm³/mol. The lowest BCUT2D eigenvalue weighted by molar-refractivity contribution is 0.0999. The van der Waals surface area contributed by atoms with Gasteiger partial charge in [-0.25, -0.2) is 8.42 Å². The number of amides is 1. The smallest absolute Gasteiger partial charge is 0.283 e. The number of ether oxygens (including phenoxy) is 1. The average molecular weight is 329 g/mol. The van der Waals surface area contributed by atoms with Crippen LogP contribution in [0.4, 0.5) is 0 Å². The van der Waals surface area contributed by atoms with Crippen LogP contribution in [0, 0.1) is 0 Å². The summed E-state index contributed by atoms with van der Waals surface area (Å²) in [4.78, 5) is 15.4. The molecule has 8 nitrogen and oxygen atoms in total. The summed E-state index contributed by atoms with van der Waals surface area (Å²) in [5.41, 5.74) is 10.6. The van der Waals surface area contributed by atoms with Gasteiger partial charge in [-0.2, -0.15) is 4.99 Å². The van der Waals surface area contributed by atoms with Crippen molar-refractivity contribution in [2.45, 2.75) is 17.7 Å². The Morgan fingerprint density at radius 3 is 2.41 bits per heavy atom. The van der Waals surface area contributed by atoms with Crippen LogP contribution in [0.25, 0.3) is 0 Å². The van der Waals surface area contributed by atoms with E-state index in [1.807, 2.05) is 0 Å². The van der Waals surface area contributed by atoms with Crippen molar-refractivity contribution in [3.8, 4) is 5.75 Å². The molecule has 0 aliphatic rings. The number of benzene rings is 1. The van der Waals surface area contributed by atoms with Gasteiger partial charge in [0.25, 0.3) is 5.91 Å². The molecule has 0 radical (unpaired) electrons. The minimum Gasteiger partial charge on any atom is -0.496 e. The molecule has 0 bridgehead atoms. The lowest BCUT2D eigenvalue weighted by Crippen LogP contribution is -2.24. The number of aliphatic hydroxyl groups excluding tert-OH is 1. The summed E-state index contributed by atoms with van der Waals surface area (Å²) >= 11 is 0. The quantitative estimate of drug-likeness (QED) is 0.492. The first-order valence-corrected chi connectivity index (χ1v) is 8.17. The molecule has 1 atom stereocenters. The first-order valence-electron chi connectivity index (χ1n) is 6.28. The zero-order valence-corrected chi connectivity index (χ0v) is 13.3. The van der Waals surface area contributed by atoms with Crippen LogP contribution >= 0.6 is 0 Å². The Balaban J connectivity index is 3.73. The number of hydrogen-bond acceptors (Lipinski definition) is 5. The summed E-state index contributed by atoms with van der Waals surface area (Å²) in [6.07, 6.45) is 1.01. The minimum absolute atomic E-state index is 0.0854. The highest BCUT2D eigenvalue weighted by Crippen LogP contribution is 2.33. The largest absolute Gasteiger partial charge is 0.496 e. The van der Waals surface area contributed by atoms with E-state index in [1.165, 1.54) is 13.2 Å². The maximum atomic E-state index is 12.1. The zero-order valence-electron chi connectivity index (χ0n) is 12.5. The van der Waals surface area contributed by atoms with Crippen LogP contribution in [0.3, 0.4) is 0 Å². The molecular weight excluding hydrogens is 310 g/mol. The summed E-state index contributed by atoms with van der Waals surface area (Å²) in [7, 11) is -2.25. The number of sulfone groups is 1. The van der Waals surface area contributed by atoms with Crippen molar-refractivity contribution in [1.82, 2.24) is 0 Å². The Bertz CT molecular complexity index is 709. The Morgan fingerprint density at radius 2 is 2.00 bits per heavy atom. The zero-order chi connectivity index (χ0) is 17.1. The topological polar surface area (TPSA) is 145 Å². The fourth-order valence-electron chi connectivity index (χ4n) is 1.87. The van der Waals surface area contributed by atoms with Crippen molar-refractivity contribution in [3.05, 3.63) is 23.3 Å². The lowest BCUT2D eigenvalue weighted by Gasteiger charge is -2.17. The van der Waals surface area contributed by atoms with Crippen LogP contribution in [-0.2, 0) is 9.84 Å². The van der Waals surface area contributed by atoms with Crippen LogP contribution in [0.1, 0.15) is 28.8 Å². The van der Waals surface area contributed by atoms with Crippen molar-refractivity contribution in [1.29, 1.82) is 0 Å². The van der Waals surface area contributed by atoms with Crippen molar-refractivity contribution < 1.29 is 23.1 Å². The summed E-state index contributed by atoms with van der Waals surface area (Å²) < 4.78 is 28.8. The van der Waals surface area contributed by atoms with Crippen LogP contribution < -0.4 is 16.2 Å². The molecule has 122 valence electrons. The molecule has 0 fully saturated rings. The Morgan fingerprint density at radius 1 is 1.41 bits per heavy atom. The van der Waals surface area contributed by atoms with Crippen LogP contribution in [0.5, 0.6) is 5.75 Å². The van der Waals surface area contributed by atoms with E-state index in [1.54, 1.807) is 6.92 Å². The number of guanidine groups is 1. The maximum absolute atomic E-state index is 12.1. The first kappa shape index (κ1) is 17.9. The molecule has 5 N–H and O–H groups in total. The number of methoxy groups -OCH3 is 1. The number of nitrogens with zero attached hydrogens (tertiary/aromatic N) is 1. The first-order chi connectivity index (χ1) is 10.1. The summed E-state index contributed by atoms with van der Waals surface area (Å²) in [5, 5.41) is 9.32. The van der Waals surface area contributed by atoms with E-state index in [9.17, 15) is 18.3 Å². The Labute approximate surface area is 128 Å². The number of nitrogens with two attached hydrogens (primary N) is 2. The number of aliphatic hydroxyl groups is 1. The third-order valence-electron chi connectivity index (χ3n) is 2.99. The molecule has 0 aromatic heterocycles. The van der Waals surface area contributed by atoms with Crippen LogP contribution in [-0.4, -0.2) is 45.4 Å². The number of hydrogen-bond donors (Lipinski definition) is 3. The highest BCUT2D eigenvalue weighted by Gasteiger charge is 2.23.